The predicted molar refractivity (Wildman–Crippen MR) is 22.2 cm³/mol. The molecular weight excluding hydrogens is 155 g/mol. The van der Waals surface area contributed by atoms with Gasteiger partial charge in [-0.3, -0.25) is 0 Å². The molecule has 0 amide bonds. The number of hydrogen-bond donors (Lipinski definition) is 0. The Bertz CT molecular complexity index is 8.00. The Balaban J connectivity index is 2.32. The maximum absolute atomic E-state index is 2.22. The summed E-state index contributed by atoms with van der Waals surface area (Å²) in [6, 6.07) is 0. The first-order valence-electron chi connectivity index (χ1n) is 1.49. The van der Waals surface area contributed by atoms with Crippen molar-refractivity contribution in [1.82, 2.24) is 0 Å². The molecule has 0 saturated carbocycles. The second-order valence-corrected chi connectivity index (χ2v) is 5.05. The van der Waals surface area contributed by atoms with Gasteiger partial charge in [-0.05, 0) is 0 Å². The van der Waals surface area contributed by atoms with Crippen LogP contribution in [-0.2, 0) is 0 Å². The van der Waals surface area contributed by atoms with Crippen LogP contribution >= 0.6 is 0 Å². The fourth-order valence-electron chi connectivity index (χ4n) is 0. The summed E-state index contributed by atoms with van der Waals surface area (Å²) >= 11 is 1.40. The van der Waals surface area contributed by atoms with E-state index in [-0.39, 0.29) is 0 Å². The summed E-state index contributed by atoms with van der Waals surface area (Å²) in [7, 11) is 0. The van der Waals surface area contributed by atoms with Crippen LogP contribution in [0.1, 0.15) is 13.8 Å². The molecular formula is C3H8Sn. The molecule has 0 nitrogen and oxygen atoms in total. The molecule has 0 aliphatic heterocycles. The second-order valence-electron chi connectivity index (χ2n) is 1.24. The summed E-state index contributed by atoms with van der Waals surface area (Å²) in [5.41, 5.74) is 0. The van der Waals surface area contributed by atoms with E-state index in [0.717, 1.165) is 3.93 Å². The Kier molecular flexibility index (Phi) is 2.47. The van der Waals surface area contributed by atoms with Gasteiger partial charge in [0.15, 0.2) is 0 Å². The van der Waals surface area contributed by atoms with E-state index in [9.17, 15) is 0 Å². The van der Waals surface area contributed by atoms with Gasteiger partial charge in [0, 0.05) is 0 Å². The Hall–Kier alpha value is 0.799. The predicted octanol–water partition coefficient (Wildman–Crippen LogP) is 0.716. The molecule has 0 atom stereocenters. The van der Waals surface area contributed by atoms with Crippen LogP contribution in [0.15, 0.2) is 0 Å². The number of hydrogen-bond acceptors (Lipinski definition) is 0. The molecule has 0 bridgehead atoms. The Morgan fingerprint density at radius 3 is 1.50 bits per heavy atom. The molecule has 0 spiro atoms. The summed E-state index contributed by atoms with van der Waals surface area (Å²) in [6.45, 7) is 4.45. The molecule has 0 fully saturated rings. The van der Waals surface area contributed by atoms with Crippen molar-refractivity contribution in [3.8, 4) is 0 Å². The molecule has 0 rings (SSSR count). The fraction of sp³-hybridized carbons (Fsp3) is 1.00. The Morgan fingerprint density at radius 2 is 1.50 bits per heavy atom. The third-order valence-electron chi connectivity index (χ3n) is 0. The van der Waals surface area contributed by atoms with Crippen molar-refractivity contribution in [1.29, 1.82) is 0 Å². The van der Waals surface area contributed by atoms with Gasteiger partial charge in [0.2, 0.25) is 0 Å². The zero-order valence-corrected chi connectivity index (χ0v) is 6.45. The zero-order valence-electron chi connectivity index (χ0n) is 3.15. The van der Waals surface area contributed by atoms with Crippen LogP contribution in [0.5, 0.6) is 0 Å². The summed E-state index contributed by atoms with van der Waals surface area (Å²) in [4.78, 5) is 0. The first-order chi connectivity index (χ1) is 1.73. The molecule has 0 aromatic rings. The van der Waals surface area contributed by atoms with E-state index in [1.165, 1.54) is 22.5 Å². The van der Waals surface area contributed by atoms with E-state index in [1.807, 2.05) is 0 Å². The minimum atomic E-state index is 0.963. The second kappa shape index (κ2) is 2.06. The van der Waals surface area contributed by atoms with Gasteiger partial charge < -0.3 is 0 Å². The molecule has 0 aromatic heterocycles. The summed E-state index contributed by atoms with van der Waals surface area (Å²) < 4.78 is 0.963. The molecule has 0 saturated heterocycles. The third-order valence-corrected chi connectivity index (χ3v) is 0. The first kappa shape index (κ1) is 4.80. The van der Waals surface area contributed by atoms with Crippen molar-refractivity contribution in [3.63, 3.8) is 0 Å². The quantitative estimate of drug-likeness (QED) is 0.461. The van der Waals surface area contributed by atoms with E-state index in [4.69, 9.17) is 0 Å². The van der Waals surface area contributed by atoms with Crippen LogP contribution in [0.2, 0.25) is 3.93 Å². The fourth-order valence-corrected chi connectivity index (χ4v) is 0. The van der Waals surface area contributed by atoms with Gasteiger partial charge in [-0.15, -0.1) is 0 Å². The van der Waals surface area contributed by atoms with E-state index < -0.39 is 0 Å². The summed E-state index contributed by atoms with van der Waals surface area (Å²) in [6.07, 6.45) is 0. The van der Waals surface area contributed by atoms with Crippen LogP contribution in [-0.4, -0.2) is 22.5 Å². The standard InChI is InChI=1S/C3H7.Sn.H/c1-3-2;;/h3H,1-2H3;;. The molecule has 0 aromatic carbocycles. The topological polar surface area (TPSA) is 0 Å². The molecule has 0 unspecified atom stereocenters. The van der Waals surface area contributed by atoms with Crippen LogP contribution < -0.4 is 0 Å². The van der Waals surface area contributed by atoms with Crippen molar-refractivity contribution < 1.29 is 0 Å². The minimum absolute atomic E-state index is 0.963. The van der Waals surface area contributed by atoms with E-state index in [1.54, 1.807) is 0 Å². The summed E-state index contributed by atoms with van der Waals surface area (Å²) in [5.74, 6) is 0. The summed E-state index contributed by atoms with van der Waals surface area (Å²) in [5, 5.41) is 0. The van der Waals surface area contributed by atoms with E-state index >= 15 is 0 Å². The van der Waals surface area contributed by atoms with Gasteiger partial charge in [-0.2, -0.15) is 0 Å². The average molecular weight is 163 g/mol. The van der Waals surface area contributed by atoms with Crippen molar-refractivity contribution in [2.45, 2.75) is 17.8 Å². The van der Waals surface area contributed by atoms with Gasteiger partial charge in [0.1, 0.15) is 0 Å². The van der Waals surface area contributed by atoms with Crippen LogP contribution in [0.3, 0.4) is 0 Å². The van der Waals surface area contributed by atoms with Gasteiger partial charge in [0.25, 0.3) is 0 Å². The van der Waals surface area contributed by atoms with Gasteiger partial charge in [0.05, 0.1) is 0 Å². The molecule has 4 heavy (non-hydrogen) atoms. The van der Waals surface area contributed by atoms with Crippen molar-refractivity contribution >= 4 is 22.5 Å². The zero-order chi connectivity index (χ0) is 3.58. The SMILES string of the molecule is C[CH](C)[SnH]. The van der Waals surface area contributed by atoms with Crippen molar-refractivity contribution in [2.75, 3.05) is 0 Å². The monoisotopic (exact) mass is 164 g/mol. The van der Waals surface area contributed by atoms with Crippen molar-refractivity contribution in [2.24, 2.45) is 0 Å². The normalized spacial score (nSPS) is 9.00. The van der Waals surface area contributed by atoms with Crippen LogP contribution in [0.25, 0.3) is 0 Å². The Morgan fingerprint density at radius 1 is 1.50 bits per heavy atom. The molecule has 0 aliphatic rings. The molecule has 0 N–H and O–H groups in total. The van der Waals surface area contributed by atoms with Crippen LogP contribution in [0.4, 0.5) is 0 Å². The van der Waals surface area contributed by atoms with E-state index in [0.29, 0.717) is 0 Å². The number of rotatable bonds is 0. The third kappa shape index (κ3) is 14.2. The van der Waals surface area contributed by atoms with Gasteiger partial charge in [-0.25, -0.2) is 0 Å². The first-order valence-corrected chi connectivity index (χ1v) is 3.39. The molecule has 24 valence electrons. The van der Waals surface area contributed by atoms with Gasteiger partial charge in [-0.1, -0.05) is 0 Å². The van der Waals surface area contributed by atoms with Gasteiger partial charge >= 0.3 is 40.3 Å². The molecule has 0 heterocycles. The Labute approximate surface area is 40.7 Å². The van der Waals surface area contributed by atoms with Crippen LogP contribution in [0, 0.1) is 0 Å². The maximum atomic E-state index is 2.22. The van der Waals surface area contributed by atoms with Crippen molar-refractivity contribution in [3.05, 3.63) is 0 Å². The molecule has 1 heteroatoms. The van der Waals surface area contributed by atoms with E-state index in [2.05, 4.69) is 13.8 Å². The average Bonchev–Trinajstić information content (AvgIpc) is 0.811. The molecule has 0 aliphatic carbocycles. The molecule has 2 radical (unpaired) electrons.